The van der Waals surface area contributed by atoms with Crippen molar-refractivity contribution < 1.29 is 9.53 Å². The average molecular weight is 474 g/mol. The number of benzene rings is 2. The quantitative estimate of drug-likeness (QED) is 0.307. The monoisotopic (exact) mass is 473 g/mol. The molecule has 0 fully saturated rings. The van der Waals surface area contributed by atoms with Gasteiger partial charge >= 0.3 is 0 Å². The Morgan fingerprint density at radius 3 is 2.58 bits per heavy atom. The first-order valence-corrected chi connectivity index (χ1v) is 12.2. The number of ether oxygens (including phenoxy) is 1. The fourth-order valence-corrected chi connectivity index (χ4v) is 5.87. The first kappa shape index (κ1) is 22.0. The van der Waals surface area contributed by atoms with Crippen molar-refractivity contribution in [2.24, 2.45) is 0 Å². The van der Waals surface area contributed by atoms with Gasteiger partial charge in [-0.3, -0.25) is 9.69 Å². The maximum Gasteiger partial charge on any atom is 0.271 e. The second-order valence-electron chi connectivity index (χ2n) is 7.39. The van der Waals surface area contributed by atoms with Crippen LogP contribution >= 0.6 is 34.3 Å². The number of anilines is 1. The van der Waals surface area contributed by atoms with Crippen molar-refractivity contribution in [3.8, 4) is 5.75 Å². The Kier molecular flexibility index (Phi) is 6.77. The van der Waals surface area contributed by atoms with Crippen molar-refractivity contribution in [1.82, 2.24) is 9.88 Å². The van der Waals surface area contributed by atoms with Crippen LogP contribution in [0.1, 0.15) is 23.0 Å². The highest BCUT2D eigenvalue weighted by molar-refractivity contribution is 7.23. The standard InChI is InChI=1S/C23H24ClN3O2S2/c1-4-29-16-10-7-12-18-20(16)25-23(31-18)27(14-8-13-26(2)3)22(28)21-19(24)15-9-5-6-11-17(15)30-21/h5-7,9-12H,4,8,13-14H2,1-3H3. The second kappa shape index (κ2) is 9.53. The smallest absolute Gasteiger partial charge is 0.271 e. The molecule has 2 aromatic carbocycles. The minimum absolute atomic E-state index is 0.109. The zero-order chi connectivity index (χ0) is 22.0. The molecule has 162 valence electrons. The summed E-state index contributed by atoms with van der Waals surface area (Å²) in [6.45, 7) is 3.95. The summed E-state index contributed by atoms with van der Waals surface area (Å²) in [7, 11) is 4.06. The first-order chi connectivity index (χ1) is 15.0. The van der Waals surface area contributed by atoms with Crippen LogP contribution < -0.4 is 9.64 Å². The lowest BCUT2D eigenvalue weighted by Crippen LogP contribution is -2.33. The van der Waals surface area contributed by atoms with Crippen LogP contribution in [0, 0.1) is 0 Å². The molecule has 0 saturated carbocycles. The molecule has 0 radical (unpaired) electrons. The molecule has 0 aliphatic rings. The van der Waals surface area contributed by atoms with Gasteiger partial charge in [0.2, 0.25) is 0 Å². The Morgan fingerprint density at radius 2 is 1.84 bits per heavy atom. The lowest BCUT2D eigenvalue weighted by molar-refractivity contribution is 0.0990. The molecule has 0 saturated heterocycles. The summed E-state index contributed by atoms with van der Waals surface area (Å²) >= 11 is 9.56. The Labute approximate surface area is 194 Å². The molecule has 0 N–H and O–H groups in total. The molecular weight excluding hydrogens is 450 g/mol. The molecule has 0 unspecified atom stereocenters. The topological polar surface area (TPSA) is 45.7 Å². The normalized spacial score (nSPS) is 11.5. The molecule has 2 aromatic heterocycles. The van der Waals surface area contributed by atoms with Crippen molar-refractivity contribution in [1.29, 1.82) is 0 Å². The molecule has 4 aromatic rings. The molecule has 0 aliphatic carbocycles. The molecular formula is C23H24ClN3O2S2. The maximum absolute atomic E-state index is 13.7. The third kappa shape index (κ3) is 4.55. The number of carbonyl (C=O) groups excluding carboxylic acids is 1. The number of carbonyl (C=O) groups is 1. The number of rotatable bonds is 8. The van der Waals surface area contributed by atoms with Gasteiger partial charge in [-0.1, -0.05) is 47.2 Å². The molecule has 1 amide bonds. The molecule has 4 rings (SSSR count). The van der Waals surface area contributed by atoms with Crippen molar-refractivity contribution in [2.45, 2.75) is 13.3 Å². The van der Waals surface area contributed by atoms with E-state index in [1.807, 2.05) is 63.5 Å². The van der Waals surface area contributed by atoms with E-state index in [4.69, 9.17) is 21.3 Å². The number of aromatic nitrogens is 1. The summed E-state index contributed by atoms with van der Waals surface area (Å²) in [5, 5.41) is 2.09. The Bertz CT molecular complexity index is 1220. The third-order valence-corrected chi connectivity index (χ3v) is 7.57. The van der Waals surface area contributed by atoms with Gasteiger partial charge in [0.25, 0.3) is 5.91 Å². The second-order valence-corrected chi connectivity index (χ2v) is 9.83. The summed E-state index contributed by atoms with van der Waals surface area (Å²) < 4.78 is 7.74. The van der Waals surface area contributed by atoms with E-state index in [-0.39, 0.29) is 5.91 Å². The zero-order valence-electron chi connectivity index (χ0n) is 17.7. The Morgan fingerprint density at radius 1 is 1.06 bits per heavy atom. The lowest BCUT2D eigenvalue weighted by Gasteiger charge is -2.20. The Balaban J connectivity index is 1.75. The van der Waals surface area contributed by atoms with Gasteiger partial charge in [-0.15, -0.1) is 11.3 Å². The molecule has 0 atom stereocenters. The fourth-order valence-electron chi connectivity index (χ4n) is 3.40. The van der Waals surface area contributed by atoms with E-state index < -0.39 is 0 Å². The maximum atomic E-state index is 13.7. The summed E-state index contributed by atoms with van der Waals surface area (Å²) in [5.74, 6) is 0.630. The largest absolute Gasteiger partial charge is 0.492 e. The van der Waals surface area contributed by atoms with E-state index in [2.05, 4.69) is 4.90 Å². The molecule has 0 bridgehead atoms. The lowest BCUT2D eigenvalue weighted by atomic mass is 10.2. The molecule has 31 heavy (non-hydrogen) atoms. The highest BCUT2D eigenvalue weighted by Gasteiger charge is 2.26. The van der Waals surface area contributed by atoms with Crippen LogP contribution in [0.3, 0.4) is 0 Å². The van der Waals surface area contributed by atoms with E-state index in [0.717, 1.165) is 39.0 Å². The zero-order valence-corrected chi connectivity index (χ0v) is 20.1. The molecule has 0 spiro atoms. The first-order valence-electron chi connectivity index (χ1n) is 10.2. The van der Waals surface area contributed by atoms with Crippen LogP contribution in [-0.2, 0) is 0 Å². The third-order valence-electron chi connectivity index (χ3n) is 4.86. The molecule has 2 heterocycles. The van der Waals surface area contributed by atoms with Gasteiger partial charge in [-0.2, -0.15) is 0 Å². The molecule has 5 nitrogen and oxygen atoms in total. The van der Waals surface area contributed by atoms with Crippen molar-refractivity contribution in [2.75, 3.05) is 38.7 Å². The highest BCUT2D eigenvalue weighted by atomic mass is 35.5. The van der Waals surface area contributed by atoms with Gasteiger partial charge in [0.05, 0.1) is 16.3 Å². The number of para-hydroxylation sites is 1. The number of halogens is 1. The van der Waals surface area contributed by atoms with Crippen LogP contribution in [0.15, 0.2) is 42.5 Å². The van der Waals surface area contributed by atoms with Crippen LogP contribution in [0.2, 0.25) is 5.02 Å². The van der Waals surface area contributed by atoms with E-state index in [1.54, 1.807) is 4.90 Å². The number of thiophene rings is 1. The van der Waals surface area contributed by atoms with Gasteiger partial charge in [0.15, 0.2) is 5.13 Å². The van der Waals surface area contributed by atoms with Gasteiger partial charge < -0.3 is 9.64 Å². The summed E-state index contributed by atoms with van der Waals surface area (Å²) in [6.07, 6.45) is 0.829. The van der Waals surface area contributed by atoms with E-state index >= 15 is 0 Å². The minimum atomic E-state index is -0.109. The van der Waals surface area contributed by atoms with E-state index in [1.165, 1.54) is 22.7 Å². The number of amides is 1. The minimum Gasteiger partial charge on any atom is -0.492 e. The predicted octanol–water partition coefficient (Wildman–Crippen LogP) is 6.16. The number of hydrogen-bond donors (Lipinski definition) is 0. The summed E-state index contributed by atoms with van der Waals surface area (Å²) in [6, 6.07) is 13.7. The Hall–Kier alpha value is -2.19. The summed E-state index contributed by atoms with van der Waals surface area (Å²) in [4.78, 5) is 22.9. The van der Waals surface area contributed by atoms with Crippen LogP contribution in [-0.4, -0.2) is 49.6 Å². The van der Waals surface area contributed by atoms with Gasteiger partial charge in [0.1, 0.15) is 16.1 Å². The SMILES string of the molecule is CCOc1cccc2sc(N(CCCN(C)C)C(=O)c3sc4ccccc4c3Cl)nc12. The van der Waals surface area contributed by atoms with Gasteiger partial charge in [-0.25, -0.2) is 4.98 Å². The number of nitrogens with zero attached hydrogens (tertiary/aromatic N) is 3. The van der Waals surface area contributed by atoms with Crippen LogP contribution in [0.5, 0.6) is 5.75 Å². The van der Waals surface area contributed by atoms with Gasteiger partial charge in [0, 0.05) is 16.6 Å². The van der Waals surface area contributed by atoms with E-state index in [9.17, 15) is 4.79 Å². The van der Waals surface area contributed by atoms with Crippen molar-refractivity contribution in [3.63, 3.8) is 0 Å². The van der Waals surface area contributed by atoms with Crippen molar-refractivity contribution >= 4 is 65.6 Å². The van der Waals surface area contributed by atoms with Crippen LogP contribution in [0.25, 0.3) is 20.3 Å². The average Bonchev–Trinajstić information content (AvgIpc) is 3.33. The fraction of sp³-hybridized carbons (Fsp3) is 0.304. The predicted molar refractivity (Wildman–Crippen MR) is 132 cm³/mol. The van der Waals surface area contributed by atoms with Gasteiger partial charge in [-0.05, 0) is 52.2 Å². The molecule has 0 aliphatic heterocycles. The number of hydrogen-bond acceptors (Lipinski definition) is 6. The number of fused-ring (bicyclic) bond motifs is 2. The summed E-state index contributed by atoms with van der Waals surface area (Å²) in [5.41, 5.74) is 0.789. The van der Waals surface area contributed by atoms with Crippen LogP contribution in [0.4, 0.5) is 5.13 Å². The number of thiazole rings is 1. The van der Waals surface area contributed by atoms with E-state index in [0.29, 0.717) is 28.2 Å². The van der Waals surface area contributed by atoms with Crippen molar-refractivity contribution in [3.05, 3.63) is 52.4 Å². The molecule has 8 heteroatoms. The highest BCUT2D eigenvalue weighted by Crippen LogP contribution is 2.39.